The van der Waals surface area contributed by atoms with Crippen molar-refractivity contribution in [3.05, 3.63) is 164 Å². The molecular weight excluding hydrogens is 1020 g/mol. The molecule has 6 nitrogen and oxygen atoms in total. The quantitative estimate of drug-likeness (QED) is 0.183. The Morgan fingerprint density at radius 1 is 0.286 bits per heavy atom. The topological polar surface area (TPSA) is 105 Å². The molecule has 2 aliphatic heterocycles. The fourth-order valence-electron chi connectivity index (χ4n) is 11.3. The Bertz CT molecular complexity index is 3750. The van der Waals surface area contributed by atoms with Crippen molar-refractivity contribution < 1.29 is 0 Å². The number of aromatic amines is 2. The van der Waals surface area contributed by atoms with Crippen LogP contribution in [0.3, 0.4) is 0 Å². The van der Waals surface area contributed by atoms with Crippen LogP contribution < -0.4 is 0 Å². The maximum atomic E-state index is 11.6. The van der Waals surface area contributed by atoms with E-state index in [2.05, 4.69) is 285 Å². The molecule has 2 aliphatic rings. The predicted molar refractivity (Wildman–Crippen MR) is 359 cm³/mol. The first kappa shape index (κ1) is 61.0. The smallest absolute Gasteiger partial charge is 0.102 e. The molecule has 0 saturated carbocycles. The molecule has 5 heterocycles. The van der Waals surface area contributed by atoms with Gasteiger partial charge in [-0.3, -0.25) is 0 Å². The number of nitrogens with one attached hydrogen (secondary N) is 2. The Kier molecular flexibility index (Phi) is 15.0. The first-order valence-corrected chi connectivity index (χ1v) is 30.2. The van der Waals surface area contributed by atoms with Crippen LogP contribution in [0, 0.1) is 22.7 Å². The molecule has 2 N–H and O–H groups in total. The summed E-state index contributed by atoms with van der Waals surface area (Å²) < 4.78 is 0. The fraction of sp³-hybridized carbons (Fsp3) is 0.410. The lowest BCUT2D eigenvalue weighted by Crippen LogP contribution is -2.16. The lowest BCUT2D eigenvalue weighted by molar-refractivity contribution is 0.568. The molecule has 4 aromatic carbocycles. The summed E-state index contributed by atoms with van der Waals surface area (Å²) in [5, 5.41) is 23.3. The Morgan fingerprint density at radius 3 is 0.667 bits per heavy atom. The average Bonchev–Trinajstić information content (AvgIpc) is 1.73. The average molecular weight is 1110 g/mol. The molecule has 9 rings (SSSR count). The van der Waals surface area contributed by atoms with E-state index in [0.29, 0.717) is 33.9 Å². The molecule has 0 unspecified atom stereocenters. The fourth-order valence-corrected chi connectivity index (χ4v) is 11.3. The van der Waals surface area contributed by atoms with Crippen molar-refractivity contribution in [1.29, 1.82) is 10.5 Å². The molecule has 0 radical (unpaired) electrons. The third-order valence-corrected chi connectivity index (χ3v) is 17.0. The van der Waals surface area contributed by atoms with Gasteiger partial charge in [0, 0.05) is 44.3 Å². The van der Waals surface area contributed by atoms with Crippen molar-refractivity contribution in [1.82, 2.24) is 19.9 Å². The third kappa shape index (κ3) is 12.1. The molecule has 7 aromatic rings. The molecule has 84 heavy (non-hydrogen) atoms. The van der Waals surface area contributed by atoms with E-state index in [-0.39, 0.29) is 43.3 Å². The van der Waals surface area contributed by atoms with Crippen molar-refractivity contribution in [2.24, 2.45) is 0 Å². The van der Waals surface area contributed by atoms with Gasteiger partial charge in [-0.05, 0) is 146 Å². The Labute approximate surface area is 503 Å². The Hall–Kier alpha value is -7.54. The van der Waals surface area contributed by atoms with Gasteiger partial charge in [0.2, 0.25) is 0 Å². The van der Waals surface area contributed by atoms with Crippen molar-refractivity contribution in [3.8, 4) is 56.6 Å². The summed E-state index contributed by atoms with van der Waals surface area (Å²) in [4.78, 5) is 19.7. The summed E-state index contributed by atoms with van der Waals surface area (Å²) >= 11 is 0. The maximum absolute atomic E-state index is 11.6. The number of aromatic nitrogens is 4. The number of H-pyrrole nitrogens is 2. The highest BCUT2D eigenvalue weighted by atomic mass is 14.8. The molecule has 6 heteroatoms. The second-order valence-corrected chi connectivity index (χ2v) is 32.3. The number of benzene rings is 4. The molecular formula is C78H92N6. The van der Waals surface area contributed by atoms with Crippen LogP contribution in [-0.2, 0) is 43.3 Å². The van der Waals surface area contributed by atoms with Gasteiger partial charge in [-0.2, -0.15) is 10.5 Å². The summed E-state index contributed by atoms with van der Waals surface area (Å²) in [5.41, 5.74) is 22.1. The van der Waals surface area contributed by atoms with Gasteiger partial charge in [0.05, 0.1) is 33.9 Å². The van der Waals surface area contributed by atoms with Crippen LogP contribution in [0.1, 0.15) is 233 Å². The van der Waals surface area contributed by atoms with E-state index in [1.54, 1.807) is 0 Å². The zero-order valence-corrected chi connectivity index (χ0v) is 55.2. The number of nitrogens with zero attached hydrogens (tertiary/aromatic N) is 4. The number of hydrogen-bond donors (Lipinski definition) is 2. The van der Waals surface area contributed by atoms with E-state index in [9.17, 15) is 10.5 Å². The van der Waals surface area contributed by atoms with Crippen LogP contribution in [0.15, 0.2) is 97.1 Å². The van der Waals surface area contributed by atoms with Crippen molar-refractivity contribution >= 4 is 45.4 Å². The summed E-state index contributed by atoms with van der Waals surface area (Å²) in [5.74, 6) is 0. The zero-order valence-electron chi connectivity index (χ0n) is 55.2. The first-order chi connectivity index (χ1) is 38.5. The number of allylic oxidation sites excluding steroid dienone is 2. The van der Waals surface area contributed by atoms with Gasteiger partial charge in [-0.15, -0.1) is 0 Å². The summed E-state index contributed by atoms with van der Waals surface area (Å²) in [6.07, 6.45) is 4.01. The number of nitriles is 2. The molecule has 8 bridgehead atoms. The van der Waals surface area contributed by atoms with Crippen LogP contribution >= 0.6 is 0 Å². The van der Waals surface area contributed by atoms with Gasteiger partial charge < -0.3 is 9.97 Å². The van der Waals surface area contributed by atoms with E-state index >= 15 is 0 Å². The maximum Gasteiger partial charge on any atom is 0.102 e. The largest absolute Gasteiger partial charge is 0.354 e. The minimum absolute atomic E-state index is 0.186. The van der Waals surface area contributed by atoms with E-state index in [1.807, 2.05) is 12.2 Å². The van der Waals surface area contributed by atoms with Crippen molar-refractivity contribution in [2.75, 3.05) is 0 Å². The summed E-state index contributed by atoms with van der Waals surface area (Å²) in [6, 6.07) is 41.9. The van der Waals surface area contributed by atoms with Gasteiger partial charge >= 0.3 is 0 Å². The highest BCUT2D eigenvalue weighted by Crippen LogP contribution is 2.47. The van der Waals surface area contributed by atoms with Crippen LogP contribution in [0.4, 0.5) is 0 Å². The summed E-state index contributed by atoms with van der Waals surface area (Å²) in [6.45, 7) is 54.4. The van der Waals surface area contributed by atoms with Gasteiger partial charge in [-0.25, -0.2) is 9.97 Å². The van der Waals surface area contributed by atoms with E-state index in [4.69, 9.17) is 9.97 Å². The number of hydrogen-bond acceptors (Lipinski definition) is 4. The minimum Gasteiger partial charge on any atom is -0.354 e. The molecule has 0 fully saturated rings. The van der Waals surface area contributed by atoms with Crippen LogP contribution in [-0.4, -0.2) is 19.9 Å². The lowest BCUT2D eigenvalue weighted by atomic mass is 9.78. The molecule has 0 saturated heterocycles. The van der Waals surface area contributed by atoms with Gasteiger partial charge in [0.25, 0.3) is 0 Å². The molecule has 434 valence electrons. The Balaban J connectivity index is 1.63. The van der Waals surface area contributed by atoms with Crippen LogP contribution in [0.5, 0.6) is 0 Å². The standard InChI is InChI=1S/C78H92N6/c1-71(2,3)51-29-45(30-52(39-51)72(4,5)6)65-59-25-26-60(81-59)66(46-31-53(73(7,8)9)40-54(32-46)74(10,11)12)64-38-50(44-80)70(84-64)68(48-35-57(77(19,20)21)42-58(36-48)78(22,23)24)62-28-27-61(82-62)67(69-49(43-79)37-63(65)83-69)47-33-55(75(13,14)15)41-56(34-47)76(16,17)18/h25-42,81-82H,1-24H3. The monoisotopic (exact) mass is 1110 g/mol. The molecule has 0 atom stereocenters. The third-order valence-electron chi connectivity index (χ3n) is 17.0. The second kappa shape index (κ2) is 20.6. The first-order valence-electron chi connectivity index (χ1n) is 30.2. The van der Waals surface area contributed by atoms with E-state index in [1.165, 1.54) is 44.5 Å². The number of rotatable bonds is 4. The van der Waals surface area contributed by atoms with Crippen molar-refractivity contribution in [2.45, 2.75) is 209 Å². The van der Waals surface area contributed by atoms with Gasteiger partial charge in [0.1, 0.15) is 12.1 Å². The zero-order chi connectivity index (χ0) is 62.0. The molecule has 3 aromatic heterocycles. The predicted octanol–water partition coefficient (Wildman–Crippen LogP) is 21.5. The van der Waals surface area contributed by atoms with E-state index in [0.717, 1.165) is 66.6 Å². The molecule has 0 amide bonds. The summed E-state index contributed by atoms with van der Waals surface area (Å²) in [7, 11) is 0. The van der Waals surface area contributed by atoms with Crippen LogP contribution in [0.2, 0.25) is 0 Å². The van der Waals surface area contributed by atoms with Crippen LogP contribution in [0.25, 0.3) is 89.9 Å². The highest BCUT2D eigenvalue weighted by Gasteiger charge is 2.31. The highest BCUT2D eigenvalue weighted by molar-refractivity contribution is 6.07. The lowest BCUT2D eigenvalue weighted by Gasteiger charge is -2.26. The SMILES string of the molecule is CC(C)(C)c1cc(-c2c3nc(c(-c4cc(C(C)(C)C)cc(C(C)(C)C)c4)c4ccc([nH]4)c(-c4cc(C(C)(C)C)cc(C(C)(C)C)c4)c4nc(c(-c5cc(C(C)(C)C)cc(C(C)(C)C)c5)c5ccc2[nH]5)C=C4C#N)C(C#N)=C3)cc(C(C)(C)C)c1. The van der Waals surface area contributed by atoms with Crippen molar-refractivity contribution in [3.63, 3.8) is 0 Å². The minimum atomic E-state index is -0.204. The van der Waals surface area contributed by atoms with Gasteiger partial charge in [-0.1, -0.05) is 239 Å². The molecule has 0 spiro atoms. The normalized spacial score (nSPS) is 13.8. The van der Waals surface area contributed by atoms with Gasteiger partial charge in [0.15, 0.2) is 0 Å². The second-order valence-electron chi connectivity index (χ2n) is 32.3. The number of fused-ring (bicyclic) bond motifs is 8. The Morgan fingerprint density at radius 2 is 0.476 bits per heavy atom. The van der Waals surface area contributed by atoms with E-state index < -0.39 is 0 Å². The molecule has 0 aliphatic carbocycles.